The van der Waals surface area contributed by atoms with Gasteiger partial charge in [0.2, 0.25) is 0 Å². The predicted molar refractivity (Wildman–Crippen MR) is 69.6 cm³/mol. The molecule has 3 heterocycles. The Kier molecular flexibility index (Phi) is 3.84. The predicted octanol–water partition coefficient (Wildman–Crippen LogP) is 1.10. The summed E-state index contributed by atoms with van der Waals surface area (Å²) in [6.07, 6.45) is 3.59. The summed E-state index contributed by atoms with van der Waals surface area (Å²) in [6, 6.07) is 0. The molecule has 0 aliphatic carbocycles. The maximum atomic E-state index is 10.3. The number of ether oxygens (including phenoxy) is 3. The number of aliphatic hydroxyl groups excluding tert-OH is 1. The van der Waals surface area contributed by atoms with E-state index in [1.54, 1.807) is 0 Å². The van der Waals surface area contributed by atoms with Crippen molar-refractivity contribution in [3.63, 3.8) is 0 Å². The van der Waals surface area contributed by atoms with Crippen LogP contribution in [-0.2, 0) is 14.2 Å². The number of nitrogens with zero attached hydrogens (tertiary/aromatic N) is 1. The topological polar surface area (TPSA) is 51.2 Å². The van der Waals surface area contributed by atoms with Crippen LogP contribution in [0.15, 0.2) is 0 Å². The number of hydrogen-bond donors (Lipinski definition) is 1. The molecule has 0 amide bonds. The molecule has 110 valence electrons. The van der Waals surface area contributed by atoms with E-state index in [4.69, 9.17) is 14.2 Å². The van der Waals surface area contributed by atoms with Gasteiger partial charge < -0.3 is 24.2 Å². The van der Waals surface area contributed by atoms with Gasteiger partial charge in [-0.3, -0.25) is 0 Å². The molecule has 3 aliphatic heterocycles. The van der Waals surface area contributed by atoms with Crippen LogP contribution in [0.4, 0.5) is 0 Å². The first-order chi connectivity index (χ1) is 9.05. The van der Waals surface area contributed by atoms with E-state index >= 15 is 0 Å². The lowest BCUT2D eigenvalue weighted by atomic mass is 10.1. The van der Waals surface area contributed by atoms with Gasteiger partial charge in [0.05, 0.1) is 0 Å². The van der Waals surface area contributed by atoms with E-state index < -0.39 is 18.2 Å². The van der Waals surface area contributed by atoms with Crippen LogP contribution in [0, 0.1) is 0 Å². The van der Waals surface area contributed by atoms with E-state index in [0.29, 0.717) is 0 Å². The highest BCUT2D eigenvalue weighted by atomic mass is 16.8. The zero-order valence-electron chi connectivity index (χ0n) is 11.9. The highest BCUT2D eigenvalue weighted by molar-refractivity contribution is 4.94. The fourth-order valence-corrected chi connectivity index (χ4v) is 3.28. The van der Waals surface area contributed by atoms with Crippen LogP contribution in [0.1, 0.15) is 39.5 Å². The molecule has 5 heteroatoms. The number of aliphatic hydroxyl groups is 1. The number of fused-ring (bicyclic) bond motifs is 1. The third kappa shape index (κ3) is 2.95. The van der Waals surface area contributed by atoms with Crippen LogP contribution in [-0.4, -0.2) is 60.0 Å². The summed E-state index contributed by atoms with van der Waals surface area (Å²) in [5.74, 6) is -0.649. The average Bonchev–Trinajstić information content (AvgIpc) is 2.68. The zero-order chi connectivity index (χ0) is 13.5. The minimum absolute atomic E-state index is 0.191. The fraction of sp³-hybridized carbons (Fsp3) is 1.00. The molecule has 0 aromatic carbocycles. The zero-order valence-corrected chi connectivity index (χ0v) is 11.9. The largest absolute Gasteiger partial charge is 0.387 e. The maximum absolute atomic E-state index is 10.3. The van der Waals surface area contributed by atoms with Crippen LogP contribution < -0.4 is 0 Å². The SMILES string of the molecule is CC1(C)OC2OC(CN3CCCCCC3)C(O)C2O1. The van der Waals surface area contributed by atoms with Gasteiger partial charge in [-0.25, -0.2) is 0 Å². The van der Waals surface area contributed by atoms with Gasteiger partial charge in [-0.1, -0.05) is 12.8 Å². The summed E-state index contributed by atoms with van der Waals surface area (Å²) in [7, 11) is 0. The van der Waals surface area contributed by atoms with Gasteiger partial charge in [0, 0.05) is 6.54 Å². The monoisotopic (exact) mass is 271 g/mol. The maximum Gasteiger partial charge on any atom is 0.190 e. The number of likely N-dealkylation sites (tertiary alicyclic amines) is 1. The van der Waals surface area contributed by atoms with Gasteiger partial charge in [0.1, 0.15) is 18.3 Å². The van der Waals surface area contributed by atoms with Crippen molar-refractivity contribution in [3.8, 4) is 0 Å². The Morgan fingerprint density at radius 3 is 2.42 bits per heavy atom. The van der Waals surface area contributed by atoms with Crippen molar-refractivity contribution < 1.29 is 19.3 Å². The van der Waals surface area contributed by atoms with Gasteiger partial charge in [0.15, 0.2) is 12.1 Å². The molecule has 0 bridgehead atoms. The molecule has 0 radical (unpaired) electrons. The standard InChI is InChI=1S/C14H25NO4/c1-14(2)18-12-11(16)10(17-13(12)19-14)9-15-7-5-3-4-6-8-15/h10-13,16H,3-9H2,1-2H3. The molecule has 3 rings (SSSR count). The second kappa shape index (κ2) is 5.30. The van der Waals surface area contributed by atoms with Gasteiger partial charge >= 0.3 is 0 Å². The first-order valence-electron chi connectivity index (χ1n) is 7.47. The van der Waals surface area contributed by atoms with Crippen molar-refractivity contribution in [1.29, 1.82) is 0 Å². The van der Waals surface area contributed by atoms with Gasteiger partial charge in [-0.15, -0.1) is 0 Å². The molecule has 4 atom stereocenters. The lowest BCUT2D eigenvalue weighted by molar-refractivity contribution is -0.216. The van der Waals surface area contributed by atoms with Gasteiger partial charge in [-0.2, -0.15) is 0 Å². The van der Waals surface area contributed by atoms with Crippen molar-refractivity contribution in [1.82, 2.24) is 4.90 Å². The van der Waals surface area contributed by atoms with E-state index in [2.05, 4.69) is 4.90 Å². The third-order valence-electron chi connectivity index (χ3n) is 4.25. The van der Waals surface area contributed by atoms with E-state index in [-0.39, 0.29) is 12.2 Å². The van der Waals surface area contributed by atoms with Crippen LogP contribution in [0.2, 0.25) is 0 Å². The molecule has 3 aliphatic rings. The van der Waals surface area contributed by atoms with E-state index in [0.717, 1.165) is 19.6 Å². The average molecular weight is 271 g/mol. The molecule has 0 spiro atoms. The highest BCUT2D eigenvalue weighted by Gasteiger charge is 2.54. The van der Waals surface area contributed by atoms with Crippen LogP contribution in [0.25, 0.3) is 0 Å². The molecule has 1 N–H and O–H groups in total. The molecule has 0 aromatic rings. The summed E-state index contributed by atoms with van der Waals surface area (Å²) >= 11 is 0. The normalized spacial score (nSPS) is 43.1. The van der Waals surface area contributed by atoms with Crippen molar-refractivity contribution >= 4 is 0 Å². The summed E-state index contributed by atoms with van der Waals surface area (Å²) in [6.45, 7) is 6.70. The first kappa shape index (κ1) is 13.8. The lowest BCUT2D eigenvalue weighted by Gasteiger charge is -2.27. The van der Waals surface area contributed by atoms with E-state index in [1.807, 2.05) is 13.8 Å². The van der Waals surface area contributed by atoms with Gasteiger partial charge in [-0.05, 0) is 39.8 Å². The second-order valence-corrected chi connectivity index (χ2v) is 6.35. The van der Waals surface area contributed by atoms with Crippen LogP contribution >= 0.6 is 0 Å². The van der Waals surface area contributed by atoms with E-state index in [9.17, 15) is 5.11 Å². The second-order valence-electron chi connectivity index (χ2n) is 6.35. The minimum atomic E-state index is -0.649. The molecule has 19 heavy (non-hydrogen) atoms. The number of hydrogen-bond acceptors (Lipinski definition) is 5. The summed E-state index contributed by atoms with van der Waals surface area (Å²) in [4.78, 5) is 2.40. The Morgan fingerprint density at radius 2 is 1.79 bits per heavy atom. The van der Waals surface area contributed by atoms with Crippen molar-refractivity contribution in [2.75, 3.05) is 19.6 Å². The molecule has 0 saturated carbocycles. The Labute approximate surface area is 114 Å². The Balaban J connectivity index is 1.56. The molecule has 5 nitrogen and oxygen atoms in total. The van der Waals surface area contributed by atoms with Crippen molar-refractivity contribution in [2.45, 2.75) is 69.9 Å². The molecule has 0 aromatic heterocycles. The summed E-state index contributed by atoms with van der Waals surface area (Å²) < 4.78 is 17.2. The third-order valence-corrected chi connectivity index (χ3v) is 4.25. The molecule has 4 unspecified atom stereocenters. The smallest absolute Gasteiger partial charge is 0.190 e. The first-order valence-corrected chi connectivity index (χ1v) is 7.47. The minimum Gasteiger partial charge on any atom is -0.387 e. The molecular formula is C14H25NO4. The van der Waals surface area contributed by atoms with Crippen molar-refractivity contribution in [2.24, 2.45) is 0 Å². The van der Waals surface area contributed by atoms with Crippen LogP contribution in [0.3, 0.4) is 0 Å². The Hall–Kier alpha value is -0.200. The van der Waals surface area contributed by atoms with Gasteiger partial charge in [0.25, 0.3) is 0 Å². The highest BCUT2D eigenvalue weighted by Crippen LogP contribution is 2.37. The molecule has 3 saturated heterocycles. The summed E-state index contributed by atoms with van der Waals surface area (Å²) in [5.41, 5.74) is 0. The lowest BCUT2D eigenvalue weighted by Crippen LogP contribution is -2.42. The Bertz CT molecular complexity index is 315. The van der Waals surface area contributed by atoms with Crippen LogP contribution in [0.5, 0.6) is 0 Å². The number of rotatable bonds is 2. The van der Waals surface area contributed by atoms with Crippen molar-refractivity contribution in [3.05, 3.63) is 0 Å². The fourth-order valence-electron chi connectivity index (χ4n) is 3.28. The molecule has 3 fully saturated rings. The summed E-state index contributed by atoms with van der Waals surface area (Å²) in [5, 5.41) is 10.3. The molecular weight excluding hydrogens is 246 g/mol. The van der Waals surface area contributed by atoms with E-state index in [1.165, 1.54) is 25.7 Å². The quantitative estimate of drug-likeness (QED) is 0.815. The Morgan fingerprint density at radius 1 is 1.11 bits per heavy atom.